The molecular weight excluding hydrogens is 276 g/mol. The lowest BCUT2D eigenvalue weighted by Crippen LogP contribution is -2.52. The SMILES string of the molecule is CC1CN(C(=O)N2CC3CCCC3C2C(=O)O)CCS1. The van der Waals surface area contributed by atoms with E-state index in [-0.39, 0.29) is 11.9 Å². The zero-order chi connectivity index (χ0) is 14.3. The van der Waals surface area contributed by atoms with E-state index in [0.29, 0.717) is 17.7 Å². The van der Waals surface area contributed by atoms with Gasteiger partial charge in [0.1, 0.15) is 6.04 Å². The van der Waals surface area contributed by atoms with Crippen LogP contribution in [0.15, 0.2) is 0 Å². The van der Waals surface area contributed by atoms with Crippen LogP contribution in [-0.2, 0) is 4.79 Å². The molecule has 2 heterocycles. The predicted molar refractivity (Wildman–Crippen MR) is 77.8 cm³/mol. The van der Waals surface area contributed by atoms with Gasteiger partial charge in [0.15, 0.2) is 0 Å². The molecule has 3 aliphatic rings. The number of likely N-dealkylation sites (tertiary alicyclic amines) is 1. The van der Waals surface area contributed by atoms with Crippen molar-refractivity contribution in [2.24, 2.45) is 11.8 Å². The Morgan fingerprint density at radius 2 is 2.05 bits per heavy atom. The molecule has 0 radical (unpaired) electrons. The van der Waals surface area contributed by atoms with Crippen LogP contribution in [0.25, 0.3) is 0 Å². The normalized spacial score (nSPS) is 37.0. The number of carbonyl (C=O) groups excluding carboxylic acids is 1. The molecule has 1 aliphatic carbocycles. The van der Waals surface area contributed by atoms with Crippen molar-refractivity contribution in [3.05, 3.63) is 0 Å². The smallest absolute Gasteiger partial charge is 0.326 e. The van der Waals surface area contributed by atoms with Gasteiger partial charge in [-0.05, 0) is 24.7 Å². The van der Waals surface area contributed by atoms with Crippen LogP contribution in [0.3, 0.4) is 0 Å². The number of hydrogen-bond acceptors (Lipinski definition) is 3. The molecule has 2 amide bonds. The average Bonchev–Trinajstić information content (AvgIpc) is 2.96. The second-order valence-corrected chi connectivity index (χ2v) is 7.75. The van der Waals surface area contributed by atoms with E-state index in [2.05, 4.69) is 6.92 Å². The molecule has 0 aromatic heterocycles. The fourth-order valence-corrected chi connectivity index (χ4v) is 5.01. The predicted octanol–water partition coefficient (Wildman–Crippen LogP) is 1.73. The Kier molecular flexibility index (Phi) is 3.84. The molecule has 1 saturated carbocycles. The lowest BCUT2D eigenvalue weighted by Gasteiger charge is -2.35. The molecule has 1 N–H and O–H groups in total. The van der Waals surface area contributed by atoms with E-state index in [4.69, 9.17) is 0 Å². The number of amides is 2. The van der Waals surface area contributed by atoms with Crippen LogP contribution in [0.2, 0.25) is 0 Å². The van der Waals surface area contributed by atoms with Crippen molar-refractivity contribution in [1.29, 1.82) is 0 Å². The molecular formula is C14H22N2O3S. The molecule has 0 aromatic carbocycles. The number of aliphatic carboxylic acids is 1. The first-order valence-electron chi connectivity index (χ1n) is 7.48. The Morgan fingerprint density at radius 3 is 2.75 bits per heavy atom. The summed E-state index contributed by atoms with van der Waals surface area (Å²) < 4.78 is 0. The summed E-state index contributed by atoms with van der Waals surface area (Å²) in [5.41, 5.74) is 0. The molecule has 0 aromatic rings. The Hall–Kier alpha value is -0.910. The number of urea groups is 1. The largest absolute Gasteiger partial charge is 0.480 e. The molecule has 4 unspecified atom stereocenters. The summed E-state index contributed by atoms with van der Waals surface area (Å²) in [6.45, 7) is 4.24. The average molecular weight is 298 g/mol. The third kappa shape index (κ3) is 2.38. The van der Waals surface area contributed by atoms with Crippen LogP contribution in [0.1, 0.15) is 26.2 Å². The Balaban J connectivity index is 1.74. The molecule has 20 heavy (non-hydrogen) atoms. The number of hydrogen-bond donors (Lipinski definition) is 1. The maximum absolute atomic E-state index is 12.7. The first-order valence-corrected chi connectivity index (χ1v) is 8.52. The first-order chi connectivity index (χ1) is 9.58. The number of thioether (sulfide) groups is 1. The van der Waals surface area contributed by atoms with Gasteiger partial charge in [-0.1, -0.05) is 13.3 Å². The summed E-state index contributed by atoms with van der Waals surface area (Å²) in [4.78, 5) is 27.7. The second-order valence-electron chi connectivity index (χ2n) is 6.20. The highest BCUT2D eigenvalue weighted by atomic mass is 32.2. The fourth-order valence-electron chi connectivity index (χ4n) is 3.99. The zero-order valence-electron chi connectivity index (χ0n) is 11.8. The number of carboxylic acid groups (broad SMARTS) is 1. The standard InChI is InChI=1S/C14H22N2O3S/c1-9-7-15(5-6-20-9)14(19)16-8-10-3-2-4-11(10)12(16)13(17)18/h9-12H,2-8H2,1H3,(H,17,18). The van der Waals surface area contributed by atoms with Crippen molar-refractivity contribution < 1.29 is 14.7 Å². The van der Waals surface area contributed by atoms with Gasteiger partial charge < -0.3 is 14.9 Å². The van der Waals surface area contributed by atoms with Crippen molar-refractivity contribution in [3.63, 3.8) is 0 Å². The van der Waals surface area contributed by atoms with Crippen LogP contribution in [-0.4, -0.2) is 63.6 Å². The zero-order valence-corrected chi connectivity index (χ0v) is 12.6. The minimum Gasteiger partial charge on any atom is -0.480 e. The highest BCUT2D eigenvalue weighted by molar-refractivity contribution is 7.99. The van der Waals surface area contributed by atoms with E-state index in [1.54, 1.807) is 4.90 Å². The lowest BCUT2D eigenvalue weighted by molar-refractivity contribution is -0.142. The third-order valence-electron chi connectivity index (χ3n) is 4.90. The maximum Gasteiger partial charge on any atom is 0.326 e. The number of carbonyl (C=O) groups is 2. The number of rotatable bonds is 1. The van der Waals surface area contributed by atoms with Gasteiger partial charge in [0, 0.05) is 30.6 Å². The van der Waals surface area contributed by atoms with Crippen molar-refractivity contribution in [3.8, 4) is 0 Å². The fraction of sp³-hybridized carbons (Fsp3) is 0.857. The van der Waals surface area contributed by atoms with Crippen molar-refractivity contribution >= 4 is 23.8 Å². The molecule has 3 fully saturated rings. The van der Waals surface area contributed by atoms with Crippen molar-refractivity contribution in [2.45, 2.75) is 37.5 Å². The molecule has 2 saturated heterocycles. The number of fused-ring (bicyclic) bond motifs is 1. The van der Waals surface area contributed by atoms with E-state index in [1.807, 2.05) is 16.7 Å². The summed E-state index contributed by atoms with van der Waals surface area (Å²) in [6, 6.07) is -0.654. The number of nitrogens with zero attached hydrogens (tertiary/aromatic N) is 2. The van der Waals surface area contributed by atoms with Gasteiger partial charge in [0.25, 0.3) is 0 Å². The van der Waals surface area contributed by atoms with Gasteiger partial charge in [-0.2, -0.15) is 11.8 Å². The summed E-state index contributed by atoms with van der Waals surface area (Å²) in [5.74, 6) is 0.697. The Bertz CT molecular complexity index is 417. The summed E-state index contributed by atoms with van der Waals surface area (Å²) in [7, 11) is 0. The van der Waals surface area contributed by atoms with E-state index < -0.39 is 12.0 Å². The Labute approximate surface area is 123 Å². The van der Waals surface area contributed by atoms with Crippen molar-refractivity contribution in [2.75, 3.05) is 25.4 Å². The molecule has 112 valence electrons. The van der Waals surface area contributed by atoms with Crippen LogP contribution in [0.4, 0.5) is 4.79 Å². The van der Waals surface area contributed by atoms with E-state index in [9.17, 15) is 14.7 Å². The summed E-state index contributed by atoms with van der Waals surface area (Å²) in [6.07, 6.45) is 3.14. The maximum atomic E-state index is 12.7. The first kappa shape index (κ1) is 14.0. The monoisotopic (exact) mass is 298 g/mol. The van der Waals surface area contributed by atoms with E-state index in [1.165, 1.54) is 0 Å². The molecule has 4 atom stereocenters. The van der Waals surface area contributed by atoms with Crippen LogP contribution in [0.5, 0.6) is 0 Å². The van der Waals surface area contributed by atoms with Crippen LogP contribution < -0.4 is 0 Å². The van der Waals surface area contributed by atoms with Gasteiger partial charge in [-0.3, -0.25) is 0 Å². The van der Waals surface area contributed by atoms with Crippen LogP contribution in [0, 0.1) is 11.8 Å². The molecule has 3 rings (SSSR count). The molecule has 2 aliphatic heterocycles. The summed E-state index contributed by atoms with van der Waals surface area (Å²) >= 11 is 1.88. The minimum atomic E-state index is -0.827. The van der Waals surface area contributed by atoms with Crippen LogP contribution >= 0.6 is 11.8 Å². The molecule has 0 bridgehead atoms. The highest BCUT2D eigenvalue weighted by Gasteiger charge is 2.50. The molecule has 6 heteroatoms. The van der Waals surface area contributed by atoms with Gasteiger partial charge in [0.05, 0.1) is 0 Å². The van der Waals surface area contributed by atoms with Crippen molar-refractivity contribution in [1.82, 2.24) is 9.80 Å². The van der Waals surface area contributed by atoms with Gasteiger partial charge in [0.2, 0.25) is 0 Å². The van der Waals surface area contributed by atoms with Gasteiger partial charge in [-0.25, -0.2) is 9.59 Å². The number of carboxylic acids is 1. The highest BCUT2D eigenvalue weighted by Crippen LogP contribution is 2.42. The third-order valence-corrected chi connectivity index (χ3v) is 6.04. The molecule has 0 spiro atoms. The van der Waals surface area contributed by atoms with E-state index in [0.717, 1.165) is 38.1 Å². The van der Waals surface area contributed by atoms with Gasteiger partial charge >= 0.3 is 12.0 Å². The second kappa shape index (κ2) is 5.47. The molecule has 5 nitrogen and oxygen atoms in total. The van der Waals surface area contributed by atoms with E-state index >= 15 is 0 Å². The quantitative estimate of drug-likeness (QED) is 0.801. The topological polar surface area (TPSA) is 60.9 Å². The summed E-state index contributed by atoms with van der Waals surface area (Å²) in [5, 5.41) is 9.96. The van der Waals surface area contributed by atoms with Gasteiger partial charge in [-0.15, -0.1) is 0 Å². The lowest BCUT2D eigenvalue weighted by atomic mass is 9.94. The minimum absolute atomic E-state index is 0.0565. The Morgan fingerprint density at radius 1 is 1.25 bits per heavy atom.